The molecule has 2 saturated heterocycles. The van der Waals surface area contributed by atoms with E-state index in [9.17, 15) is 32.0 Å². The number of likely N-dealkylation sites (tertiary alicyclic amines) is 1. The molecule has 6 rings (SSSR count). The summed E-state index contributed by atoms with van der Waals surface area (Å²) in [6, 6.07) is 5.34. The van der Waals surface area contributed by atoms with Crippen molar-refractivity contribution in [2.75, 3.05) is 32.0 Å². The number of halogens is 4. The molecular formula is C31H32Cl2F2N4O8S2. The third-order valence-electron chi connectivity index (χ3n) is 8.37. The smallest absolute Gasteiger partial charge is 0.387 e. The number of pyridine rings is 1. The maximum absolute atomic E-state index is 13.8. The third-order valence-corrected chi connectivity index (χ3v) is 12.2. The van der Waals surface area contributed by atoms with Crippen LogP contribution in [-0.2, 0) is 26.0 Å². The maximum Gasteiger partial charge on any atom is 0.387 e. The summed E-state index contributed by atoms with van der Waals surface area (Å²) in [5.41, 5.74) is 0.675. The molecule has 0 bridgehead atoms. The zero-order chi connectivity index (χ0) is 34.9. The van der Waals surface area contributed by atoms with Gasteiger partial charge < -0.3 is 29.3 Å². The van der Waals surface area contributed by atoms with Crippen molar-refractivity contribution >= 4 is 56.9 Å². The van der Waals surface area contributed by atoms with E-state index in [1.165, 1.54) is 30.5 Å². The summed E-state index contributed by atoms with van der Waals surface area (Å²) in [7, 11) is -4.26. The summed E-state index contributed by atoms with van der Waals surface area (Å²) < 4.78 is 71.8. The summed E-state index contributed by atoms with van der Waals surface area (Å²) >= 11 is 13.8. The van der Waals surface area contributed by atoms with Crippen LogP contribution in [0.4, 0.5) is 8.78 Å². The van der Waals surface area contributed by atoms with Crippen LogP contribution >= 0.6 is 35.0 Å². The van der Waals surface area contributed by atoms with Crippen molar-refractivity contribution in [1.29, 1.82) is 0 Å². The van der Waals surface area contributed by atoms with E-state index >= 15 is 0 Å². The fraction of sp³-hybridized carbons (Fsp3) is 0.452. The number of alkyl halides is 2. The molecule has 4 heterocycles. The molecule has 12 nitrogen and oxygen atoms in total. The molecule has 1 aromatic carbocycles. The van der Waals surface area contributed by atoms with E-state index in [-0.39, 0.29) is 74.8 Å². The second-order valence-electron chi connectivity index (χ2n) is 11.8. The van der Waals surface area contributed by atoms with Crippen LogP contribution in [0.2, 0.25) is 10.0 Å². The summed E-state index contributed by atoms with van der Waals surface area (Å²) in [6.45, 7) is -1.68. The highest BCUT2D eigenvalue weighted by molar-refractivity contribution is 8.02. The Morgan fingerprint density at radius 3 is 2.47 bits per heavy atom. The minimum Gasteiger partial charge on any atom is -0.619 e. The summed E-state index contributed by atoms with van der Waals surface area (Å²) in [4.78, 5) is 30.9. The lowest BCUT2D eigenvalue weighted by atomic mass is 10.0. The van der Waals surface area contributed by atoms with E-state index in [1.807, 2.05) is 0 Å². The molecule has 1 saturated carbocycles. The molecule has 0 radical (unpaired) electrons. The van der Waals surface area contributed by atoms with Crippen LogP contribution in [0.1, 0.15) is 53.4 Å². The number of nitrogens with zero attached hydrogens (tertiary/aromatic N) is 3. The molecule has 2 atom stereocenters. The number of thioether (sulfide) groups is 1. The van der Waals surface area contributed by atoms with Gasteiger partial charge in [-0.1, -0.05) is 29.3 Å². The predicted molar refractivity (Wildman–Crippen MR) is 175 cm³/mol. The molecule has 18 heteroatoms. The first-order valence-electron chi connectivity index (χ1n) is 15.5. The Kier molecular flexibility index (Phi) is 10.8. The molecule has 2 aromatic heterocycles. The van der Waals surface area contributed by atoms with Gasteiger partial charge in [-0.15, -0.1) is 11.8 Å². The molecule has 264 valence electrons. The van der Waals surface area contributed by atoms with Gasteiger partial charge in [0, 0.05) is 43.6 Å². The highest BCUT2D eigenvalue weighted by Gasteiger charge is 2.43. The van der Waals surface area contributed by atoms with Crippen LogP contribution in [-0.4, -0.2) is 78.5 Å². The zero-order valence-corrected chi connectivity index (χ0v) is 29.0. The number of aromatic amines is 1. The monoisotopic (exact) mass is 760 g/mol. The van der Waals surface area contributed by atoms with Gasteiger partial charge in [0.15, 0.2) is 29.3 Å². The number of hydrogen-bond donors (Lipinski definition) is 1. The Morgan fingerprint density at radius 1 is 1.08 bits per heavy atom. The van der Waals surface area contributed by atoms with Crippen LogP contribution in [0.15, 0.2) is 47.8 Å². The van der Waals surface area contributed by atoms with Crippen LogP contribution in [0, 0.1) is 11.1 Å². The highest BCUT2D eigenvalue weighted by atomic mass is 35.5. The molecule has 3 aromatic rings. The van der Waals surface area contributed by atoms with Crippen LogP contribution < -0.4 is 14.2 Å². The Hall–Kier alpha value is -3.31. The molecule has 0 unspecified atom stereocenters. The minimum absolute atomic E-state index is 0.000380. The predicted octanol–water partition coefficient (Wildman–Crippen LogP) is 5.17. The van der Waals surface area contributed by atoms with Gasteiger partial charge in [-0.3, -0.25) is 4.79 Å². The van der Waals surface area contributed by atoms with Gasteiger partial charge in [-0.05, 0) is 55.4 Å². The van der Waals surface area contributed by atoms with E-state index in [4.69, 9.17) is 32.7 Å². The van der Waals surface area contributed by atoms with E-state index in [2.05, 4.69) is 9.72 Å². The van der Waals surface area contributed by atoms with E-state index in [0.717, 1.165) is 54.1 Å². The van der Waals surface area contributed by atoms with Crippen molar-refractivity contribution in [2.45, 2.75) is 55.1 Å². The fourth-order valence-corrected chi connectivity index (χ4v) is 9.26. The van der Waals surface area contributed by atoms with E-state index in [0.29, 0.717) is 23.4 Å². The second-order valence-corrected chi connectivity index (χ2v) is 15.7. The van der Waals surface area contributed by atoms with Crippen LogP contribution in [0.3, 0.4) is 0 Å². The Labute approximate surface area is 295 Å². The first kappa shape index (κ1) is 35.5. The molecule has 2 aliphatic heterocycles. The molecular weight excluding hydrogens is 729 g/mol. The number of carbonyl (C=O) groups is 2. The number of ether oxygens (including phenoxy) is 3. The quantitative estimate of drug-likeness (QED) is 0.142. The maximum atomic E-state index is 13.8. The lowest BCUT2D eigenvalue weighted by Gasteiger charge is -2.25. The Balaban J connectivity index is 1.28. The summed E-state index contributed by atoms with van der Waals surface area (Å²) in [5.74, 6) is -0.869. The molecule has 0 spiro atoms. The number of esters is 1. The van der Waals surface area contributed by atoms with Crippen molar-refractivity contribution in [3.05, 3.63) is 74.9 Å². The number of H-pyrrole nitrogens is 1. The number of hydrogen-bond acceptors (Lipinski definition) is 9. The van der Waals surface area contributed by atoms with Gasteiger partial charge in [0.1, 0.15) is 26.7 Å². The van der Waals surface area contributed by atoms with E-state index in [1.54, 1.807) is 4.90 Å². The van der Waals surface area contributed by atoms with Crippen molar-refractivity contribution in [3.8, 4) is 11.5 Å². The number of benzene rings is 1. The second kappa shape index (κ2) is 14.9. The number of rotatable bonds is 13. The van der Waals surface area contributed by atoms with Crippen molar-refractivity contribution < 1.29 is 45.7 Å². The van der Waals surface area contributed by atoms with Gasteiger partial charge in [0.25, 0.3) is 5.91 Å². The number of nitrogens with one attached hydrogen (secondary N) is 1. The summed E-state index contributed by atoms with van der Waals surface area (Å²) in [6.07, 6.45) is 5.65. The van der Waals surface area contributed by atoms with E-state index < -0.39 is 34.1 Å². The molecule has 49 heavy (non-hydrogen) atoms. The largest absolute Gasteiger partial charge is 0.619 e. The van der Waals surface area contributed by atoms with Crippen molar-refractivity contribution in [1.82, 2.24) is 14.2 Å². The molecule has 1 N–H and O–H groups in total. The van der Waals surface area contributed by atoms with Crippen LogP contribution in [0.5, 0.6) is 11.5 Å². The minimum atomic E-state index is -4.26. The van der Waals surface area contributed by atoms with Crippen molar-refractivity contribution in [3.63, 3.8) is 0 Å². The summed E-state index contributed by atoms with van der Waals surface area (Å²) in [5, 5.41) is 10.6. The van der Waals surface area contributed by atoms with Crippen molar-refractivity contribution in [2.24, 2.45) is 5.92 Å². The SMILES string of the molecule is O=C(O[C@@H](Cc1c(Cl)c[n+]([O-])cc1Cl)c1ccc(OC(F)F)c(OCC2CC2)c1)[C@H]1SCCN1S(=O)(=O)c1c[nH]c(C(=O)N2CCCC2)c1. The average Bonchev–Trinajstić information content (AvgIpc) is 3.47. The third kappa shape index (κ3) is 8.20. The Bertz CT molecular complexity index is 1800. The normalized spacial score (nSPS) is 19.0. The lowest BCUT2D eigenvalue weighted by Crippen LogP contribution is -2.40. The molecule has 3 aliphatic rings. The molecule has 1 amide bonds. The number of carbonyl (C=O) groups excluding carboxylic acids is 2. The first-order chi connectivity index (χ1) is 23.4. The zero-order valence-electron chi connectivity index (χ0n) is 25.9. The van der Waals surface area contributed by atoms with Gasteiger partial charge in [0.2, 0.25) is 10.0 Å². The van der Waals surface area contributed by atoms with Gasteiger partial charge >= 0.3 is 12.6 Å². The average molecular weight is 762 g/mol. The highest BCUT2D eigenvalue weighted by Crippen LogP contribution is 2.39. The van der Waals surface area contributed by atoms with Gasteiger partial charge in [-0.25, -0.2) is 13.2 Å². The van der Waals surface area contributed by atoms with Gasteiger partial charge in [-0.2, -0.15) is 17.8 Å². The first-order valence-corrected chi connectivity index (χ1v) is 18.7. The standard InChI is InChI=1S/C31H32Cl2F2N4O8S2/c32-22-15-38(42)16-23(33)21(22)13-26(19-5-6-25(47-31(34)35)27(11-19)45-17-18-3-4-18)46-30(41)29-39(9-10-48-29)49(43,44)20-12-24(36-14-20)28(40)37-7-1-2-8-37/h5-6,11-12,14-16,18,26,29,31,36H,1-4,7-10,13,17H2/t26-,29+/m0/s1. The topological polar surface area (TPSA) is 145 Å². The van der Waals surface area contributed by atoms with Gasteiger partial charge in [0.05, 0.1) is 6.61 Å². The molecule has 3 fully saturated rings. The number of sulfonamides is 1. The lowest BCUT2D eigenvalue weighted by molar-refractivity contribution is -0.605. The molecule has 1 aliphatic carbocycles. The number of amides is 1. The Morgan fingerprint density at radius 2 is 1.80 bits per heavy atom. The number of aromatic nitrogens is 2. The fourth-order valence-electron chi connectivity index (χ4n) is 5.62. The van der Waals surface area contributed by atoms with Crippen LogP contribution in [0.25, 0.3) is 0 Å².